The SMILES string of the molecule is O=C(O)c1sccc1[P+](=O)[O-]. The Kier molecular flexibility index (Phi) is 2.34. The van der Waals surface area contributed by atoms with Gasteiger partial charge in [0.2, 0.25) is 5.30 Å². The predicted molar refractivity (Wildman–Crippen MR) is 38.5 cm³/mol. The van der Waals surface area contributed by atoms with Gasteiger partial charge in [-0.3, -0.25) is 0 Å². The summed E-state index contributed by atoms with van der Waals surface area (Å²) >= 11 is 0.903. The fourth-order valence-electron chi connectivity index (χ4n) is 0.606. The van der Waals surface area contributed by atoms with Crippen molar-refractivity contribution in [1.82, 2.24) is 0 Å². The van der Waals surface area contributed by atoms with E-state index in [0.717, 1.165) is 11.3 Å². The first-order chi connectivity index (χ1) is 5.13. The van der Waals surface area contributed by atoms with Gasteiger partial charge >= 0.3 is 14.0 Å². The van der Waals surface area contributed by atoms with E-state index in [9.17, 15) is 14.3 Å². The number of hydrogen-bond acceptors (Lipinski definition) is 4. The zero-order chi connectivity index (χ0) is 8.43. The quantitative estimate of drug-likeness (QED) is 0.674. The molecule has 0 saturated heterocycles. The van der Waals surface area contributed by atoms with Gasteiger partial charge in [0, 0.05) is 6.07 Å². The molecule has 0 spiro atoms. The number of aromatic carboxylic acids is 1. The van der Waals surface area contributed by atoms with Crippen LogP contribution in [0.5, 0.6) is 0 Å². The van der Waals surface area contributed by atoms with Gasteiger partial charge in [0.25, 0.3) is 0 Å². The lowest BCUT2D eigenvalue weighted by atomic mass is 10.5. The smallest absolute Gasteiger partial charge is 0.350 e. The molecule has 1 rings (SSSR count). The summed E-state index contributed by atoms with van der Waals surface area (Å²) in [6, 6.07) is 1.28. The van der Waals surface area contributed by atoms with Crippen LogP contribution in [0.3, 0.4) is 0 Å². The molecular formula is C5H3O4PS. The lowest BCUT2D eigenvalue weighted by molar-refractivity contribution is -0.160. The predicted octanol–water partition coefficient (Wildman–Crippen LogP) is 0.174. The summed E-state index contributed by atoms with van der Waals surface area (Å²) in [7, 11) is -2.78. The molecule has 1 heterocycles. The molecule has 1 atom stereocenters. The van der Waals surface area contributed by atoms with Gasteiger partial charge in [0.1, 0.15) is 0 Å². The highest BCUT2D eigenvalue weighted by Gasteiger charge is 2.20. The van der Waals surface area contributed by atoms with Gasteiger partial charge in [-0.05, 0) is 5.38 Å². The van der Waals surface area contributed by atoms with Crippen molar-refractivity contribution in [3.8, 4) is 0 Å². The average molecular weight is 190 g/mol. The van der Waals surface area contributed by atoms with Crippen molar-refractivity contribution in [3.63, 3.8) is 0 Å². The van der Waals surface area contributed by atoms with Gasteiger partial charge in [-0.1, -0.05) is 4.57 Å². The Labute approximate surface area is 67.0 Å². The first-order valence-electron chi connectivity index (χ1n) is 2.58. The van der Waals surface area contributed by atoms with Crippen LogP contribution in [0, 0.1) is 0 Å². The van der Waals surface area contributed by atoms with Gasteiger partial charge in [-0.25, -0.2) is 4.79 Å². The highest BCUT2D eigenvalue weighted by molar-refractivity contribution is 7.47. The highest BCUT2D eigenvalue weighted by Crippen LogP contribution is 2.16. The summed E-state index contributed by atoms with van der Waals surface area (Å²) in [5.41, 5.74) is 0. The Morgan fingerprint density at radius 3 is 2.73 bits per heavy atom. The third kappa shape index (κ3) is 1.63. The van der Waals surface area contributed by atoms with Crippen molar-refractivity contribution in [2.24, 2.45) is 0 Å². The minimum atomic E-state index is -2.78. The Morgan fingerprint density at radius 2 is 2.36 bits per heavy atom. The Balaban J connectivity index is 3.16. The van der Waals surface area contributed by atoms with Crippen molar-refractivity contribution < 1.29 is 19.4 Å². The molecule has 58 valence electrons. The van der Waals surface area contributed by atoms with Crippen molar-refractivity contribution in [3.05, 3.63) is 16.3 Å². The lowest BCUT2D eigenvalue weighted by Crippen LogP contribution is -2.10. The molecule has 1 aromatic heterocycles. The van der Waals surface area contributed by atoms with Gasteiger partial charge in [-0.15, -0.1) is 11.3 Å². The zero-order valence-electron chi connectivity index (χ0n) is 5.18. The zero-order valence-corrected chi connectivity index (χ0v) is 6.89. The number of thiophene rings is 1. The maximum atomic E-state index is 10.4. The Bertz CT molecular complexity index is 277. The fraction of sp³-hybridized carbons (Fsp3) is 0. The number of carboxylic acids is 1. The maximum Gasteiger partial charge on any atom is 0.350 e. The van der Waals surface area contributed by atoms with Crippen LogP contribution in [0.4, 0.5) is 0 Å². The molecule has 6 heteroatoms. The summed E-state index contributed by atoms with van der Waals surface area (Å²) in [6.45, 7) is 0. The molecule has 4 nitrogen and oxygen atoms in total. The van der Waals surface area contributed by atoms with Crippen molar-refractivity contribution in [1.29, 1.82) is 0 Å². The second-order valence-corrected chi connectivity index (χ2v) is 3.61. The molecule has 0 aromatic carbocycles. The first-order valence-corrected chi connectivity index (χ1v) is 4.64. The summed E-state index contributed by atoms with van der Waals surface area (Å²) < 4.78 is 10.4. The highest BCUT2D eigenvalue weighted by atomic mass is 32.1. The number of carboxylic acid groups (broad SMARTS) is 1. The third-order valence-electron chi connectivity index (χ3n) is 1.04. The van der Waals surface area contributed by atoms with E-state index < -0.39 is 14.0 Å². The average Bonchev–Trinajstić information content (AvgIpc) is 2.32. The van der Waals surface area contributed by atoms with Crippen LogP contribution in [0.25, 0.3) is 0 Å². The van der Waals surface area contributed by atoms with Crippen molar-refractivity contribution in [2.45, 2.75) is 0 Å². The van der Waals surface area contributed by atoms with Crippen LogP contribution < -0.4 is 10.2 Å². The molecule has 11 heavy (non-hydrogen) atoms. The first kappa shape index (κ1) is 8.33. The molecule has 0 radical (unpaired) electrons. The van der Waals surface area contributed by atoms with Gasteiger partial charge in [0.05, 0.1) is 0 Å². The topological polar surface area (TPSA) is 77.4 Å². The molecule has 1 unspecified atom stereocenters. The van der Waals surface area contributed by atoms with E-state index in [-0.39, 0.29) is 10.2 Å². The monoisotopic (exact) mass is 190 g/mol. The largest absolute Gasteiger partial charge is 0.591 e. The van der Waals surface area contributed by atoms with Gasteiger partial charge in [-0.2, -0.15) is 0 Å². The number of carbonyl (C=O) groups is 1. The van der Waals surface area contributed by atoms with E-state index in [0.29, 0.717) is 0 Å². The molecular weight excluding hydrogens is 187 g/mol. The molecule has 0 bridgehead atoms. The molecule has 0 aliphatic rings. The molecule has 0 aliphatic carbocycles. The van der Waals surface area contributed by atoms with E-state index in [4.69, 9.17) is 5.11 Å². The normalized spacial score (nSPS) is 11.2. The second-order valence-electron chi connectivity index (χ2n) is 1.70. The number of hydrogen-bond donors (Lipinski definition) is 1. The number of rotatable bonds is 2. The lowest BCUT2D eigenvalue weighted by Gasteiger charge is -1.86. The molecule has 0 fully saturated rings. The van der Waals surface area contributed by atoms with E-state index >= 15 is 0 Å². The van der Waals surface area contributed by atoms with Gasteiger partial charge in [0.15, 0.2) is 4.88 Å². The second kappa shape index (κ2) is 3.09. The summed E-state index contributed by atoms with van der Waals surface area (Å²) in [4.78, 5) is 20.6. The van der Waals surface area contributed by atoms with Crippen molar-refractivity contribution >= 4 is 30.6 Å². The van der Waals surface area contributed by atoms with Crippen LogP contribution in [0.2, 0.25) is 0 Å². The van der Waals surface area contributed by atoms with E-state index in [1.807, 2.05) is 0 Å². The van der Waals surface area contributed by atoms with E-state index in [1.54, 1.807) is 0 Å². The minimum absolute atomic E-state index is 0.113. The van der Waals surface area contributed by atoms with Gasteiger partial charge < -0.3 is 10.00 Å². The summed E-state index contributed by atoms with van der Waals surface area (Å²) in [5, 5.41) is 9.77. The van der Waals surface area contributed by atoms with Crippen molar-refractivity contribution in [2.75, 3.05) is 0 Å². The Hall–Kier alpha value is -0.770. The van der Waals surface area contributed by atoms with E-state index in [2.05, 4.69) is 0 Å². The molecule has 1 aromatic rings. The molecule has 0 saturated carbocycles. The van der Waals surface area contributed by atoms with Crippen LogP contribution in [0.1, 0.15) is 9.67 Å². The maximum absolute atomic E-state index is 10.4. The summed E-state index contributed by atoms with van der Waals surface area (Å²) in [6.07, 6.45) is 0. The van der Waals surface area contributed by atoms with E-state index in [1.165, 1.54) is 11.4 Å². The summed E-state index contributed by atoms with van der Waals surface area (Å²) in [5.74, 6) is -1.20. The molecule has 0 aliphatic heterocycles. The van der Waals surface area contributed by atoms with Crippen LogP contribution in [0.15, 0.2) is 11.4 Å². The molecule has 0 amide bonds. The van der Waals surface area contributed by atoms with Crippen LogP contribution in [-0.4, -0.2) is 11.1 Å². The minimum Gasteiger partial charge on any atom is -0.591 e. The third-order valence-corrected chi connectivity index (χ3v) is 2.86. The van der Waals surface area contributed by atoms with Crippen LogP contribution >= 0.6 is 19.4 Å². The fourth-order valence-corrected chi connectivity index (χ4v) is 2.18. The Morgan fingerprint density at radius 1 is 1.73 bits per heavy atom. The molecule has 1 N–H and O–H groups in total. The van der Waals surface area contributed by atoms with Crippen LogP contribution in [-0.2, 0) is 4.57 Å². The standard InChI is InChI=1S/C5H3O4PS/c6-5(7)4-3(10(8)9)1-2-11-4/h1-2H,(H,6,7).